The lowest BCUT2D eigenvalue weighted by molar-refractivity contribution is 0.0953. The number of anilines is 1. The average molecular weight is 282 g/mol. The van der Waals surface area contributed by atoms with Crippen LogP contribution in [-0.4, -0.2) is 12.5 Å². The van der Waals surface area contributed by atoms with Crippen LogP contribution in [0.5, 0.6) is 0 Å². The lowest BCUT2D eigenvalue weighted by atomic mass is 10.1. The molecular weight excluding hydrogens is 260 g/mol. The van der Waals surface area contributed by atoms with E-state index in [4.69, 9.17) is 0 Å². The monoisotopic (exact) mass is 282 g/mol. The standard InChI is InChI=1S/C18H22N2O/c1-3-11-19-18(21)15-9-6-10-17(12-15)20-13-16-8-5-4-7-14(16)2/h4-10,12,20H,3,11,13H2,1-2H3,(H,19,21). The molecule has 2 N–H and O–H groups in total. The predicted molar refractivity (Wildman–Crippen MR) is 87.6 cm³/mol. The van der Waals surface area contributed by atoms with Gasteiger partial charge >= 0.3 is 0 Å². The fraction of sp³-hybridized carbons (Fsp3) is 0.278. The summed E-state index contributed by atoms with van der Waals surface area (Å²) in [4.78, 5) is 11.9. The first kappa shape index (κ1) is 15.1. The van der Waals surface area contributed by atoms with Crippen LogP contribution in [0.1, 0.15) is 34.8 Å². The Hall–Kier alpha value is -2.29. The van der Waals surface area contributed by atoms with Gasteiger partial charge in [-0.15, -0.1) is 0 Å². The van der Waals surface area contributed by atoms with Crippen molar-refractivity contribution in [1.82, 2.24) is 5.32 Å². The molecule has 0 bridgehead atoms. The molecule has 2 aromatic carbocycles. The number of rotatable bonds is 6. The van der Waals surface area contributed by atoms with Crippen molar-refractivity contribution >= 4 is 11.6 Å². The fourth-order valence-corrected chi connectivity index (χ4v) is 2.12. The summed E-state index contributed by atoms with van der Waals surface area (Å²) in [6.45, 7) is 5.61. The maximum absolute atomic E-state index is 11.9. The minimum absolute atomic E-state index is 0.0172. The third-order valence-electron chi connectivity index (χ3n) is 3.40. The number of benzene rings is 2. The van der Waals surface area contributed by atoms with E-state index in [-0.39, 0.29) is 5.91 Å². The van der Waals surface area contributed by atoms with Crippen molar-refractivity contribution in [3.8, 4) is 0 Å². The molecule has 1 amide bonds. The van der Waals surface area contributed by atoms with Gasteiger partial charge in [-0.1, -0.05) is 37.3 Å². The minimum atomic E-state index is -0.0172. The summed E-state index contributed by atoms with van der Waals surface area (Å²) in [5.41, 5.74) is 4.18. The molecule has 0 heterocycles. The highest BCUT2D eigenvalue weighted by Crippen LogP contribution is 2.14. The summed E-state index contributed by atoms with van der Waals surface area (Å²) >= 11 is 0. The van der Waals surface area contributed by atoms with Crippen LogP contribution in [0.4, 0.5) is 5.69 Å². The van der Waals surface area contributed by atoms with Crippen molar-refractivity contribution in [3.05, 3.63) is 65.2 Å². The highest BCUT2D eigenvalue weighted by Gasteiger charge is 2.05. The van der Waals surface area contributed by atoms with Crippen LogP contribution >= 0.6 is 0 Å². The number of hydrogen-bond acceptors (Lipinski definition) is 2. The van der Waals surface area contributed by atoms with Crippen molar-refractivity contribution in [1.29, 1.82) is 0 Å². The van der Waals surface area contributed by atoms with Gasteiger partial charge in [0, 0.05) is 24.3 Å². The first-order valence-electron chi connectivity index (χ1n) is 7.37. The molecule has 0 aromatic heterocycles. The van der Waals surface area contributed by atoms with Gasteiger partial charge in [-0.25, -0.2) is 0 Å². The van der Waals surface area contributed by atoms with Gasteiger partial charge in [-0.3, -0.25) is 4.79 Å². The lowest BCUT2D eigenvalue weighted by Crippen LogP contribution is -2.23. The van der Waals surface area contributed by atoms with Crippen molar-refractivity contribution in [2.75, 3.05) is 11.9 Å². The largest absolute Gasteiger partial charge is 0.381 e. The van der Waals surface area contributed by atoms with Crippen LogP contribution in [0.3, 0.4) is 0 Å². The van der Waals surface area contributed by atoms with E-state index in [2.05, 4.69) is 29.7 Å². The molecule has 3 heteroatoms. The molecule has 0 saturated heterocycles. The second-order valence-corrected chi connectivity index (χ2v) is 5.12. The molecule has 110 valence electrons. The van der Waals surface area contributed by atoms with E-state index >= 15 is 0 Å². The molecule has 2 rings (SSSR count). The van der Waals surface area contributed by atoms with E-state index < -0.39 is 0 Å². The Bertz CT molecular complexity index is 608. The number of nitrogens with one attached hydrogen (secondary N) is 2. The summed E-state index contributed by atoms with van der Waals surface area (Å²) in [6.07, 6.45) is 0.941. The second kappa shape index (κ2) is 7.48. The summed E-state index contributed by atoms with van der Waals surface area (Å²) in [5, 5.41) is 6.27. The quantitative estimate of drug-likeness (QED) is 0.847. The number of carbonyl (C=O) groups excluding carboxylic acids is 1. The zero-order valence-electron chi connectivity index (χ0n) is 12.6. The molecule has 0 fully saturated rings. The van der Waals surface area contributed by atoms with Gasteiger partial charge in [0.1, 0.15) is 0 Å². The fourth-order valence-electron chi connectivity index (χ4n) is 2.12. The Morgan fingerprint density at radius 2 is 1.90 bits per heavy atom. The second-order valence-electron chi connectivity index (χ2n) is 5.12. The van der Waals surface area contributed by atoms with Gasteiger partial charge in [-0.2, -0.15) is 0 Å². The summed E-state index contributed by atoms with van der Waals surface area (Å²) in [5.74, 6) is -0.0172. The molecule has 3 nitrogen and oxygen atoms in total. The average Bonchev–Trinajstić information content (AvgIpc) is 2.52. The Balaban J connectivity index is 2.01. The van der Waals surface area contributed by atoms with Gasteiger partial charge in [-0.05, 0) is 42.7 Å². The van der Waals surface area contributed by atoms with Gasteiger partial charge in [0.2, 0.25) is 0 Å². The predicted octanol–water partition coefficient (Wildman–Crippen LogP) is 3.75. The Morgan fingerprint density at radius 1 is 1.10 bits per heavy atom. The van der Waals surface area contributed by atoms with Crippen LogP contribution < -0.4 is 10.6 Å². The van der Waals surface area contributed by atoms with E-state index in [1.54, 1.807) is 0 Å². The Labute approximate surface area is 126 Å². The maximum atomic E-state index is 11.9. The molecule has 0 aliphatic heterocycles. The molecule has 0 radical (unpaired) electrons. The van der Waals surface area contributed by atoms with E-state index in [9.17, 15) is 4.79 Å². The van der Waals surface area contributed by atoms with E-state index in [1.807, 2.05) is 43.3 Å². The van der Waals surface area contributed by atoms with E-state index in [1.165, 1.54) is 11.1 Å². The van der Waals surface area contributed by atoms with Crippen molar-refractivity contribution in [3.63, 3.8) is 0 Å². The topological polar surface area (TPSA) is 41.1 Å². The van der Waals surface area contributed by atoms with Gasteiger partial charge in [0.15, 0.2) is 0 Å². The number of amides is 1. The highest BCUT2D eigenvalue weighted by atomic mass is 16.1. The lowest BCUT2D eigenvalue weighted by Gasteiger charge is -2.10. The first-order chi connectivity index (χ1) is 10.2. The Morgan fingerprint density at radius 3 is 2.67 bits per heavy atom. The van der Waals surface area contributed by atoms with Gasteiger partial charge < -0.3 is 10.6 Å². The zero-order chi connectivity index (χ0) is 15.1. The van der Waals surface area contributed by atoms with Crippen molar-refractivity contribution in [2.45, 2.75) is 26.8 Å². The Kier molecular flexibility index (Phi) is 5.38. The molecule has 0 aliphatic carbocycles. The van der Waals surface area contributed by atoms with Crippen LogP contribution in [0.25, 0.3) is 0 Å². The van der Waals surface area contributed by atoms with Crippen LogP contribution in [-0.2, 0) is 6.54 Å². The summed E-state index contributed by atoms with van der Waals surface area (Å²) < 4.78 is 0. The van der Waals surface area contributed by atoms with Crippen LogP contribution in [0, 0.1) is 6.92 Å². The molecule has 0 atom stereocenters. The maximum Gasteiger partial charge on any atom is 0.251 e. The normalized spacial score (nSPS) is 10.2. The molecule has 0 spiro atoms. The van der Waals surface area contributed by atoms with Crippen LogP contribution in [0.15, 0.2) is 48.5 Å². The van der Waals surface area contributed by atoms with E-state index in [0.717, 1.165) is 18.7 Å². The first-order valence-corrected chi connectivity index (χ1v) is 7.37. The number of carbonyl (C=O) groups is 1. The van der Waals surface area contributed by atoms with Gasteiger partial charge in [0.25, 0.3) is 5.91 Å². The smallest absolute Gasteiger partial charge is 0.251 e. The number of aryl methyl sites for hydroxylation is 1. The molecule has 0 aliphatic rings. The third-order valence-corrected chi connectivity index (χ3v) is 3.40. The summed E-state index contributed by atoms with van der Waals surface area (Å²) in [7, 11) is 0. The van der Waals surface area contributed by atoms with Crippen molar-refractivity contribution < 1.29 is 4.79 Å². The van der Waals surface area contributed by atoms with Gasteiger partial charge in [0.05, 0.1) is 0 Å². The SMILES string of the molecule is CCCNC(=O)c1cccc(NCc2ccccc2C)c1. The third kappa shape index (κ3) is 4.35. The molecule has 0 saturated carbocycles. The van der Waals surface area contributed by atoms with Crippen LogP contribution in [0.2, 0.25) is 0 Å². The molecular formula is C18H22N2O. The minimum Gasteiger partial charge on any atom is -0.381 e. The zero-order valence-corrected chi connectivity index (χ0v) is 12.6. The molecule has 21 heavy (non-hydrogen) atoms. The molecule has 0 unspecified atom stereocenters. The highest BCUT2D eigenvalue weighted by molar-refractivity contribution is 5.95. The van der Waals surface area contributed by atoms with Crippen molar-refractivity contribution in [2.24, 2.45) is 0 Å². The van der Waals surface area contributed by atoms with E-state index in [0.29, 0.717) is 12.1 Å². The molecule has 2 aromatic rings. The number of hydrogen-bond donors (Lipinski definition) is 2. The summed E-state index contributed by atoms with van der Waals surface area (Å²) in [6, 6.07) is 15.9.